The predicted octanol–water partition coefficient (Wildman–Crippen LogP) is 3.39. The number of nitrogens with one attached hydrogen (secondary N) is 1. The molecule has 2 rings (SSSR count). The first-order valence-electron chi connectivity index (χ1n) is 8.16. The van der Waals surface area contributed by atoms with Crippen LogP contribution in [0.15, 0.2) is 6.07 Å². The Hall–Kier alpha value is -0.900. The molecule has 2 unspecified atom stereocenters. The first-order chi connectivity index (χ1) is 11.9. The summed E-state index contributed by atoms with van der Waals surface area (Å²) in [5.74, 6) is -1.72. The molecule has 2 heterocycles. The van der Waals surface area contributed by atoms with Gasteiger partial charge >= 0.3 is 6.18 Å². The Balaban J connectivity index is 2.55. The number of pyridine rings is 1. The van der Waals surface area contributed by atoms with Gasteiger partial charge < -0.3 is 10.5 Å². The molecule has 1 aromatic rings. The van der Waals surface area contributed by atoms with Gasteiger partial charge in [0.05, 0.1) is 27.0 Å². The normalized spacial score (nSPS) is 22.7. The van der Waals surface area contributed by atoms with E-state index < -0.39 is 39.9 Å². The number of rotatable bonds is 5. The predicted molar refractivity (Wildman–Crippen MR) is 95.6 cm³/mol. The van der Waals surface area contributed by atoms with E-state index >= 15 is 0 Å². The SMILES string of the molecule is CC[C@@]1(NS(=O)C(C)(C)C)COc2c1cc(C(CN)C(F)(F)F)nc2Cl. The minimum absolute atomic E-state index is 0.102. The summed E-state index contributed by atoms with van der Waals surface area (Å²) in [6.45, 7) is 6.70. The molecule has 1 aromatic heterocycles. The zero-order chi connectivity index (χ0) is 19.9. The van der Waals surface area contributed by atoms with Gasteiger partial charge in [-0.25, -0.2) is 13.9 Å². The lowest BCUT2D eigenvalue weighted by atomic mass is 9.89. The molecule has 0 bridgehead atoms. The fourth-order valence-electron chi connectivity index (χ4n) is 2.67. The maximum absolute atomic E-state index is 13.3. The zero-order valence-corrected chi connectivity index (χ0v) is 16.6. The fourth-order valence-corrected chi connectivity index (χ4v) is 3.90. The zero-order valence-electron chi connectivity index (χ0n) is 15.0. The molecule has 26 heavy (non-hydrogen) atoms. The number of alkyl halides is 3. The number of fused-ring (bicyclic) bond motifs is 1. The van der Waals surface area contributed by atoms with Gasteiger partial charge in [0, 0.05) is 12.1 Å². The Morgan fingerprint density at radius 2 is 2.08 bits per heavy atom. The van der Waals surface area contributed by atoms with Crippen molar-refractivity contribution in [3.05, 3.63) is 22.5 Å². The van der Waals surface area contributed by atoms with Crippen molar-refractivity contribution in [2.24, 2.45) is 5.73 Å². The average Bonchev–Trinajstić information content (AvgIpc) is 2.85. The molecule has 1 aliphatic rings. The van der Waals surface area contributed by atoms with Crippen molar-refractivity contribution in [2.75, 3.05) is 13.2 Å². The highest BCUT2D eigenvalue weighted by molar-refractivity contribution is 7.84. The maximum atomic E-state index is 13.3. The Morgan fingerprint density at radius 3 is 2.54 bits per heavy atom. The van der Waals surface area contributed by atoms with Crippen LogP contribution in [0.25, 0.3) is 0 Å². The van der Waals surface area contributed by atoms with Crippen molar-refractivity contribution in [1.82, 2.24) is 9.71 Å². The fraction of sp³-hybridized carbons (Fsp3) is 0.688. The van der Waals surface area contributed by atoms with E-state index in [2.05, 4.69) is 9.71 Å². The largest absolute Gasteiger partial charge is 0.488 e. The summed E-state index contributed by atoms with van der Waals surface area (Å²) < 4.78 is 60.5. The molecule has 0 aromatic carbocycles. The third kappa shape index (κ3) is 4.00. The minimum atomic E-state index is -4.55. The van der Waals surface area contributed by atoms with Crippen LogP contribution in [-0.2, 0) is 16.5 Å². The van der Waals surface area contributed by atoms with E-state index in [-0.39, 0.29) is 23.2 Å². The molecule has 0 aliphatic carbocycles. The van der Waals surface area contributed by atoms with Crippen LogP contribution in [0.5, 0.6) is 5.75 Å². The van der Waals surface area contributed by atoms with Gasteiger partial charge in [-0.15, -0.1) is 0 Å². The van der Waals surface area contributed by atoms with Crippen molar-refractivity contribution < 1.29 is 22.1 Å². The molecule has 0 spiro atoms. The van der Waals surface area contributed by atoms with E-state index in [1.807, 2.05) is 6.92 Å². The Kier molecular flexibility index (Phi) is 5.97. The minimum Gasteiger partial charge on any atom is -0.488 e. The van der Waals surface area contributed by atoms with Gasteiger partial charge in [-0.05, 0) is 33.3 Å². The molecule has 0 fully saturated rings. The Morgan fingerprint density at radius 1 is 1.46 bits per heavy atom. The van der Waals surface area contributed by atoms with Crippen molar-refractivity contribution in [3.63, 3.8) is 0 Å². The molecule has 0 radical (unpaired) electrons. The first-order valence-corrected chi connectivity index (χ1v) is 9.68. The number of hydrogen-bond donors (Lipinski definition) is 2. The second kappa shape index (κ2) is 7.26. The van der Waals surface area contributed by atoms with Crippen LogP contribution >= 0.6 is 11.6 Å². The standard InChI is InChI=1S/C16H23ClF3N3O2S/c1-5-15(23-26(24)14(2,3)4)8-25-12-9(15)6-11(22-13(12)17)10(7-21)16(18,19)20/h6,10,23H,5,7-8,21H2,1-4H3/t10?,15-,26?/m1/s1. The van der Waals surface area contributed by atoms with Crippen molar-refractivity contribution in [1.29, 1.82) is 0 Å². The van der Waals surface area contributed by atoms with E-state index in [0.29, 0.717) is 12.0 Å². The van der Waals surface area contributed by atoms with E-state index in [4.69, 9.17) is 22.1 Å². The van der Waals surface area contributed by atoms with Crippen LogP contribution in [0.4, 0.5) is 13.2 Å². The second-order valence-corrected chi connectivity index (χ2v) is 9.58. The molecule has 0 saturated heterocycles. The van der Waals surface area contributed by atoms with Crippen molar-refractivity contribution in [3.8, 4) is 5.75 Å². The highest BCUT2D eigenvalue weighted by Crippen LogP contribution is 2.46. The van der Waals surface area contributed by atoms with Crippen LogP contribution in [0.3, 0.4) is 0 Å². The summed E-state index contributed by atoms with van der Waals surface area (Å²) in [5.41, 5.74) is 4.57. The molecule has 10 heteroatoms. The van der Waals surface area contributed by atoms with E-state index in [0.717, 1.165) is 0 Å². The highest BCUT2D eigenvalue weighted by Gasteiger charge is 2.46. The van der Waals surface area contributed by atoms with Crippen LogP contribution in [0, 0.1) is 0 Å². The molecule has 3 atom stereocenters. The van der Waals surface area contributed by atoms with Gasteiger partial charge in [0.2, 0.25) is 0 Å². The van der Waals surface area contributed by atoms with Gasteiger partial charge in [0.15, 0.2) is 10.9 Å². The molecular formula is C16H23ClF3N3O2S. The quantitative estimate of drug-likeness (QED) is 0.725. The lowest BCUT2D eigenvalue weighted by Crippen LogP contribution is -2.49. The monoisotopic (exact) mass is 413 g/mol. The average molecular weight is 414 g/mol. The van der Waals surface area contributed by atoms with Gasteiger partial charge in [-0.3, -0.25) is 0 Å². The molecular weight excluding hydrogens is 391 g/mol. The molecule has 148 valence electrons. The second-order valence-electron chi connectivity index (χ2n) is 7.25. The summed E-state index contributed by atoms with van der Waals surface area (Å²) in [7, 11) is -1.46. The number of nitrogens with zero attached hydrogens (tertiary/aromatic N) is 1. The maximum Gasteiger partial charge on any atom is 0.398 e. The van der Waals surface area contributed by atoms with Gasteiger partial charge in [-0.2, -0.15) is 13.2 Å². The topological polar surface area (TPSA) is 77.2 Å². The number of ether oxygens (including phenoxy) is 1. The van der Waals surface area contributed by atoms with Crippen LogP contribution in [0.2, 0.25) is 5.15 Å². The van der Waals surface area contributed by atoms with Gasteiger partial charge in [0.1, 0.15) is 12.5 Å². The lowest BCUT2D eigenvalue weighted by molar-refractivity contribution is -0.148. The summed E-state index contributed by atoms with van der Waals surface area (Å²) in [6.07, 6.45) is -4.10. The summed E-state index contributed by atoms with van der Waals surface area (Å²) >= 11 is 6.09. The third-order valence-electron chi connectivity index (χ3n) is 4.37. The number of nitrogens with two attached hydrogens (primary N) is 1. The van der Waals surface area contributed by atoms with Crippen molar-refractivity contribution >= 4 is 22.6 Å². The van der Waals surface area contributed by atoms with Crippen LogP contribution < -0.4 is 15.2 Å². The summed E-state index contributed by atoms with van der Waals surface area (Å²) in [4.78, 5) is 3.85. The number of hydrogen-bond acceptors (Lipinski definition) is 4. The third-order valence-corrected chi connectivity index (χ3v) is 6.31. The first kappa shape index (κ1) is 21.4. The highest BCUT2D eigenvalue weighted by atomic mass is 35.5. The Labute approximate surface area is 158 Å². The Bertz CT molecular complexity index is 709. The molecule has 0 saturated carbocycles. The summed E-state index contributed by atoms with van der Waals surface area (Å²) in [6, 6.07) is 1.32. The summed E-state index contributed by atoms with van der Waals surface area (Å²) in [5, 5.41) is -0.154. The molecule has 1 aliphatic heterocycles. The molecule has 5 nitrogen and oxygen atoms in total. The van der Waals surface area contributed by atoms with E-state index in [1.54, 1.807) is 20.8 Å². The van der Waals surface area contributed by atoms with Crippen LogP contribution in [-0.4, -0.2) is 33.3 Å². The van der Waals surface area contributed by atoms with Crippen LogP contribution in [0.1, 0.15) is 51.3 Å². The van der Waals surface area contributed by atoms with Crippen molar-refractivity contribution in [2.45, 2.75) is 56.5 Å². The smallest absolute Gasteiger partial charge is 0.398 e. The van der Waals surface area contributed by atoms with E-state index in [9.17, 15) is 17.4 Å². The van der Waals surface area contributed by atoms with Gasteiger partial charge in [0.25, 0.3) is 0 Å². The molecule has 3 N–H and O–H groups in total. The number of aromatic nitrogens is 1. The van der Waals surface area contributed by atoms with Gasteiger partial charge in [-0.1, -0.05) is 18.5 Å². The molecule has 0 amide bonds. The lowest BCUT2D eigenvalue weighted by Gasteiger charge is -2.31. The van der Waals surface area contributed by atoms with E-state index in [1.165, 1.54) is 6.07 Å². The number of halogens is 4.